The summed E-state index contributed by atoms with van der Waals surface area (Å²) in [6, 6.07) is 8.90. The van der Waals surface area contributed by atoms with Crippen molar-refractivity contribution in [3.05, 3.63) is 54.4 Å². The summed E-state index contributed by atoms with van der Waals surface area (Å²) in [4.78, 5) is 24.3. The third kappa shape index (κ3) is 4.00. The standard InChI is InChI=1S/C18H19N5O2/c1-4-17(24)22-14-5-7-15(8-6-14)25-18-11-16(20-12(2)21-18)23-10-9-19-13(23)3/h5-11H,4H2,1-3H3,(H,22,24). The number of aromatic nitrogens is 4. The number of imidazole rings is 1. The number of hydrogen-bond donors (Lipinski definition) is 1. The van der Waals surface area contributed by atoms with Gasteiger partial charge in [-0.25, -0.2) is 9.97 Å². The summed E-state index contributed by atoms with van der Waals surface area (Å²) >= 11 is 0. The van der Waals surface area contributed by atoms with Gasteiger partial charge >= 0.3 is 0 Å². The highest BCUT2D eigenvalue weighted by Crippen LogP contribution is 2.23. The molecule has 3 aromatic rings. The molecule has 0 atom stereocenters. The Morgan fingerprint density at radius 1 is 1.20 bits per heavy atom. The van der Waals surface area contributed by atoms with Gasteiger partial charge in [0.15, 0.2) is 0 Å². The van der Waals surface area contributed by atoms with E-state index in [2.05, 4.69) is 20.3 Å². The predicted octanol–water partition coefficient (Wildman–Crippen LogP) is 3.42. The number of ether oxygens (including phenoxy) is 1. The van der Waals surface area contributed by atoms with Gasteiger partial charge in [-0.05, 0) is 38.1 Å². The van der Waals surface area contributed by atoms with Crippen molar-refractivity contribution >= 4 is 11.6 Å². The Bertz CT molecular complexity index is 887. The van der Waals surface area contributed by atoms with Gasteiger partial charge in [0.1, 0.15) is 23.2 Å². The summed E-state index contributed by atoms with van der Waals surface area (Å²) in [5.41, 5.74) is 0.729. The molecule has 25 heavy (non-hydrogen) atoms. The van der Waals surface area contributed by atoms with E-state index in [1.807, 2.05) is 31.5 Å². The van der Waals surface area contributed by atoms with Crippen LogP contribution in [0.25, 0.3) is 5.82 Å². The van der Waals surface area contributed by atoms with Crippen LogP contribution in [0.15, 0.2) is 42.7 Å². The monoisotopic (exact) mass is 337 g/mol. The minimum atomic E-state index is -0.0274. The molecule has 7 nitrogen and oxygen atoms in total. The first kappa shape index (κ1) is 16.6. The molecule has 2 aromatic heterocycles. The number of nitrogens with one attached hydrogen (secondary N) is 1. The van der Waals surface area contributed by atoms with E-state index >= 15 is 0 Å². The Morgan fingerprint density at radius 3 is 2.60 bits per heavy atom. The molecule has 2 heterocycles. The number of hydrogen-bond acceptors (Lipinski definition) is 5. The number of amides is 1. The maximum atomic E-state index is 11.4. The van der Waals surface area contributed by atoms with Crippen LogP contribution in [0, 0.1) is 13.8 Å². The Kier molecular flexibility index (Phi) is 4.74. The van der Waals surface area contributed by atoms with Gasteiger partial charge in [0.25, 0.3) is 0 Å². The molecule has 1 amide bonds. The normalized spacial score (nSPS) is 10.5. The fourth-order valence-electron chi connectivity index (χ4n) is 2.30. The van der Waals surface area contributed by atoms with Crippen LogP contribution in [0.4, 0.5) is 5.69 Å². The van der Waals surface area contributed by atoms with Crippen LogP contribution >= 0.6 is 0 Å². The van der Waals surface area contributed by atoms with E-state index in [1.54, 1.807) is 36.5 Å². The molecule has 7 heteroatoms. The number of aryl methyl sites for hydroxylation is 2. The first-order valence-electron chi connectivity index (χ1n) is 7.99. The van der Waals surface area contributed by atoms with E-state index in [0.29, 0.717) is 29.7 Å². The molecule has 0 saturated heterocycles. The second-order valence-electron chi connectivity index (χ2n) is 5.48. The topological polar surface area (TPSA) is 81.9 Å². The van der Waals surface area contributed by atoms with Gasteiger partial charge in [-0.2, -0.15) is 4.98 Å². The van der Waals surface area contributed by atoms with Gasteiger partial charge in [0.05, 0.1) is 0 Å². The number of benzene rings is 1. The molecule has 0 unspecified atom stereocenters. The fourth-order valence-corrected chi connectivity index (χ4v) is 2.30. The summed E-state index contributed by atoms with van der Waals surface area (Å²) in [5, 5.41) is 2.80. The van der Waals surface area contributed by atoms with Crippen LogP contribution in [-0.4, -0.2) is 25.4 Å². The van der Waals surface area contributed by atoms with Crippen LogP contribution < -0.4 is 10.1 Å². The Balaban J connectivity index is 1.80. The second-order valence-corrected chi connectivity index (χ2v) is 5.48. The van der Waals surface area contributed by atoms with Gasteiger partial charge in [-0.3, -0.25) is 9.36 Å². The van der Waals surface area contributed by atoms with Crippen molar-refractivity contribution in [3.63, 3.8) is 0 Å². The highest BCUT2D eigenvalue weighted by molar-refractivity contribution is 5.90. The minimum Gasteiger partial charge on any atom is -0.439 e. The van der Waals surface area contributed by atoms with Crippen LogP contribution in [-0.2, 0) is 4.79 Å². The second kappa shape index (κ2) is 7.12. The third-order valence-electron chi connectivity index (χ3n) is 3.56. The van der Waals surface area contributed by atoms with Crippen LogP contribution in [0.3, 0.4) is 0 Å². The highest BCUT2D eigenvalue weighted by atomic mass is 16.5. The van der Waals surface area contributed by atoms with E-state index in [1.165, 1.54) is 0 Å². The number of nitrogens with zero attached hydrogens (tertiary/aromatic N) is 4. The molecule has 0 saturated carbocycles. The number of carbonyl (C=O) groups is 1. The van der Waals surface area contributed by atoms with Crippen molar-refractivity contribution < 1.29 is 9.53 Å². The molecule has 0 spiro atoms. The molecule has 0 fully saturated rings. The van der Waals surface area contributed by atoms with Crippen molar-refractivity contribution in [1.29, 1.82) is 0 Å². The molecular formula is C18H19N5O2. The zero-order chi connectivity index (χ0) is 17.8. The minimum absolute atomic E-state index is 0.0274. The number of carbonyl (C=O) groups excluding carboxylic acids is 1. The van der Waals surface area contributed by atoms with Gasteiger partial charge < -0.3 is 10.1 Å². The van der Waals surface area contributed by atoms with E-state index in [-0.39, 0.29) is 5.91 Å². The van der Waals surface area contributed by atoms with Crippen LogP contribution in [0.1, 0.15) is 25.0 Å². The summed E-state index contributed by atoms with van der Waals surface area (Å²) in [5.74, 6) is 3.18. The van der Waals surface area contributed by atoms with E-state index in [9.17, 15) is 4.79 Å². The summed E-state index contributed by atoms with van der Waals surface area (Å²) in [6.45, 7) is 5.52. The Morgan fingerprint density at radius 2 is 1.96 bits per heavy atom. The smallest absolute Gasteiger partial charge is 0.224 e. The maximum absolute atomic E-state index is 11.4. The van der Waals surface area contributed by atoms with Gasteiger partial charge in [-0.15, -0.1) is 0 Å². The van der Waals surface area contributed by atoms with Gasteiger partial charge in [0.2, 0.25) is 11.8 Å². The number of rotatable bonds is 5. The molecule has 128 valence electrons. The van der Waals surface area contributed by atoms with Crippen molar-refractivity contribution in [3.8, 4) is 17.4 Å². The van der Waals surface area contributed by atoms with E-state index in [4.69, 9.17) is 4.74 Å². The van der Waals surface area contributed by atoms with Crippen LogP contribution in [0.5, 0.6) is 11.6 Å². The van der Waals surface area contributed by atoms with Crippen molar-refractivity contribution in [2.45, 2.75) is 27.2 Å². The zero-order valence-electron chi connectivity index (χ0n) is 14.4. The van der Waals surface area contributed by atoms with Crippen LogP contribution in [0.2, 0.25) is 0 Å². The number of anilines is 1. The lowest BCUT2D eigenvalue weighted by molar-refractivity contribution is -0.115. The largest absolute Gasteiger partial charge is 0.439 e. The zero-order valence-corrected chi connectivity index (χ0v) is 14.4. The Hall–Kier alpha value is -3.22. The summed E-state index contributed by atoms with van der Waals surface area (Å²) in [7, 11) is 0. The molecule has 1 N–H and O–H groups in total. The molecule has 0 aliphatic heterocycles. The predicted molar refractivity (Wildman–Crippen MR) is 94.1 cm³/mol. The van der Waals surface area contributed by atoms with E-state index < -0.39 is 0 Å². The van der Waals surface area contributed by atoms with Gasteiger partial charge in [0, 0.05) is 30.6 Å². The first-order valence-corrected chi connectivity index (χ1v) is 7.99. The average molecular weight is 337 g/mol. The van der Waals surface area contributed by atoms with E-state index in [0.717, 1.165) is 11.5 Å². The molecular weight excluding hydrogens is 318 g/mol. The summed E-state index contributed by atoms with van der Waals surface area (Å²) in [6.07, 6.45) is 4.00. The molecule has 0 radical (unpaired) electrons. The van der Waals surface area contributed by atoms with Crippen molar-refractivity contribution in [2.75, 3.05) is 5.32 Å². The summed E-state index contributed by atoms with van der Waals surface area (Å²) < 4.78 is 7.69. The van der Waals surface area contributed by atoms with Crippen molar-refractivity contribution in [2.24, 2.45) is 0 Å². The lowest BCUT2D eigenvalue weighted by Crippen LogP contribution is -2.09. The maximum Gasteiger partial charge on any atom is 0.224 e. The fraction of sp³-hybridized carbons (Fsp3) is 0.222. The lowest BCUT2D eigenvalue weighted by Gasteiger charge is -2.10. The molecule has 1 aromatic carbocycles. The molecule has 3 rings (SSSR count). The SMILES string of the molecule is CCC(=O)Nc1ccc(Oc2cc(-n3ccnc3C)nc(C)n2)cc1. The third-order valence-corrected chi connectivity index (χ3v) is 3.56. The average Bonchev–Trinajstić information content (AvgIpc) is 3.02. The Labute approximate surface area is 145 Å². The van der Waals surface area contributed by atoms with Crippen molar-refractivity contribution in [1.82, 2.24) is 19.5 Å². The van der Waals surface area contributed by atoms with Gasteiger partial charge in [-0.1, -0.05) is 6.92 Å². The quantitative estimate of drug-likeness (QED) is 0.771. The lowest BCUT2D eigenvalue weighted by atomic mass is 10.3. The molecule has 0 bridgehead atoms. The highest BCUT2D eigenvalue weighted by Gasteiger charge is 2.08. The first-order chi connectivity index (χ1) is 12.0. The molecule has 0 aliphatic carbocycles. The molecule has 0 aliphatic rings.